The SMILES string of the molecule is CCCCCCCCCCCCCCCCOc1ccc(C(=O)OCC(=O)N(C)CC(=O)OCC)o1. The molecule has 1 rings (SSSR count). The van der Waals surface area contributed by atoms with Crippen LogP contribution in [0.2, 0.25) is 0 Å². The molecule has 1 amide bonds. The van der Waals surface area contributed by atoms with Gasteiger partial charge in [0.1, 0.15) is 6.54 Å². The van der Waals surface area contributed by atoms with Crippen molar-refractivity contribution in [1.29, 1.82) is 0 Å². The van der Waals surface area contributed by atoms with E-state index in [0.29, 0.717) is 6.61 Å². The van der Waals surface area contributed by atoms with Gasteiger partial charge in [-0.3, -0.25) is 9.59 Å². The van der Waals surface area contributed by atoms with Gasteiger partial charge in [0.25, 0.3) is 11.9 Å². The fourth-order valence-corrected chi connectivity index (χ4v) is 3.77. The van der Waals surface area contributed by atoms with Gasteiger partial charge in [0.2, 0.25) is 5.76 Å². The highest BCUT2D eigenvalue weighted by Gasteiger charge is 2.18. The minimum atomic E-state index is -0.765. The second-order valence-electron chi connectivity index (χ2n) is 9.19. The second-order valence-corrected chi connectivity index (χ2v) is 9.19. The van der Waals surface area contributed by atoms with Crippen molar-refractivity contribution in [2.45, 2.75) is 104 Å². The van der Waals surface area contributed by atoms with Crippen molar-refractivity contribution < 1.29 is 33.0 Å². The van der Waals surface area contributed by atoms with Gasteiger partial charge in [-0.1, -0.05) is 90.4 Å². The number of amides is 1. The van der Waals surface area contributed by atoms with Crippen LogP contribution in [-0.2, 0) is 19.1 Å². The molecule has 0 aliphatic carbocycles. The van der Waals surface area contributed by atoms with E-state index in [9.17, 15) is 14.4 Å². The van der Waals surface area contributed by atoms with Gasteiger partial charge in [0, 0.05) is 13.1 Å². The maximum absolute atomic E-state index is 12.1. The molecule has 0 saturated carbocycles. The Morgan fingerprint density at radius 2 is 1.33 bits per heavy atom. The summed E-state index contributed by atoms with van der Waals surface area (Å²) in [5.74, 6) is -1.59. The van der Waals surface area contributed by atoms with E-state index in [4.69, 9.17) is 18.6 Å². The van der Waals surface area contributed by atoms with Crippen molar-refractivity contribution >= 4 is 17.8 Å². The summed E-state index contributed by atoms with van der Waals surface area (Å²) in [5.41, 5.74) is 0. The first-order valence-corrected chi connectivity index (χ1v) is 13.8. The Bertz CT molecular complexity index is 731. The summed E-state index contributed by atoms with van der Waals surface area (Å²) in [4.78, 5) is 36.6. The van der Waals surface area contributed by atoms with Crippen molar-refractivity contribution in [3.05, 3.63) is 17.9 Å². The monoisotopic (exact) mass is 509 g/mol. The molecule has 0 atom stereocenters. The van der Waals surface area contributed by atoms with Crippen molar-refractivity contribution in [1.82, 2.24) is 4.90 Å². The molecule has 0 aliphatic heterocycles. The average Bonchev–Trinajstić information content (AvgIpc) is 3.34. The molecule has 0 radical (unpaired) electrons. The molecule has 0 aliphatic rings. The topological polar surface area (TPSA) is 95.3 Å². The third-order valence-electron chi connectivity index (χ3n) is 5.95. The molecular weight excluding hydrogens is 462 g/mol. The number of ether oxygens (including phenoxy) is 3. The molecule has 206 valence electrons. The first-order valence-electron chi connectivity index (χ1n) is 13.8. The lowest BCUT2D eigenvalue weighted by Gasteiger charge is -2.15. The highest BCUT2D eigenvalue weighted by molar-refractivity contribution is 5.89. The van der Waals surface area contributed by atoms with Crippen molar-refractivity contribution in [3.63, 3.8) is 0 Å². The number of carbonyl (C=O) groups is 3. The third kappa shape index (κ3) is 15.5. The molecule has 8 heteroatoms. The van der Waals surface area contributed by atoms with Crippen LogP contribution in [0.3, 0.4) is 0 Å². The number of nitrogens with zero attached hydrogens (tertiary/aromatic N) is 1. The maximum atomic E-state index is 12.1. The number of rotatable bonds is 22. The zero-order valence-electron chi connectivity index (χ0n) is 22.7. The summed E-state index contributed by atoms with van der Waals surface area (Å²) in [6, 6.07) is 3.02. The Morgan fingerprint density at radius 1 is 0.778 bits per heavy atom. The van der Waals surface area contributed by atoms with Crippen LogP contribution in [0.1, 0.15) is 114 Å². The predicted octanol–water partition coefficient (Wildman–Crippen LogP) is 6.32. The van der Waals surface area contributed by atoms with Crippen LogP contribution in [0.4, 0.5) is 0 Å². The van der Waals surface area contributed by atoms with Gasteiger partial charge in [-0.15, -0.1) is 0 Å². The van der Waals surface area contributed by atoms with Gasteiger partial charge in [0.05, 0.1) is 13.2 Å². The van der Waals surface area contributed by atoms with E-state index in [-0.39, 0.29) is 24.9 Å². The molecule has 1 aromatic heterocycles. The fourth-order valence-electron chi connectivity index (χ4n) is 3.77. The van der Waals surface area contributed by atoms with Gasteiger partial charge in [0.15, 0.2) is 6.61 Å². The van der Waals surface area contributed by atoms with Crippen LogP contribution >= 0.6 is 0 Å². The maximum Gasteiger partial charge on any atom is 0.374 e. The van der Waals surface area contributed by atoms with Gasteiger partial charge < -0.3 is 23.5 Å². The van der Waals surface area contributed by atoms with E-state index < -0.39 is 24.5 Å². The number of unbranched alkanes of at least 4 members (excludes halogenated alkanes) is 13. The quantitative estimate of drug-likeness (QED) is 0.133. The summed E-state index contributed by atoms with van der Waals surface area (Å²) in [5, 5.41) is 0. The molecule has 8 nitrogen and oxygen atoms in total. The number of hydrogen-bond donors (Lipinski definition) is 0. The number of carbonyl (C=O) groups excluding carboxylic acids is 3. The van der Waals surface area contributed by atoms with Gasteiger partial charge in [-0.25, -0.2) is 4.79 Å². The second kappa shape index (κ2) is 20.7. The van der Waals surface area contributed by atoms with Crippen LogP contribution in [-0.4, -0.2) is 56.2 Å². The largest absolute Gasteiger partial charge is 0.465 e. The summed E-state index contributed by atoms with van der Waals surface area (Å²) in [6.07, 6.45) is 18.2. The average molecular weight is 510 g/mol. The van der Waals surface area contributed by atoms with E-state index >= 15 is 0 Å². The Hall–Kier alpha value is -2.51. The molecule has 0 saturated heterocycles. The molecule has 0 N–H and O–H groups in total. The van der Waals surface area contributed by atoms with Crippen LogP contribution in [0, 0.1) is 0 Å². The minimum absolute atomic E-state index is 0.0354. The van der Waals surface area contributed by atoms with E-state index in [1.165, 1.54) is 90.2 Å². The summed E-state index contributed by atoms with van der Waals surface area (Å²) in [6.45, 7) is 4.00. The molecule has 0 fully saturated rings. The Morgan fingerprint density at radius 3 is 1.89 bits per heavy atom. The normalized spacial score (nSPS) is 10.8. The first-order chi connectivity index (χ1) is 17.5. The minimum Gasteiger partial charge on any atom is -0.465 e. The Labute approximate surface area is 217 Å². The van der Waals surface area contributed by atoms with E-state index in [0.717, 1.165) is 17.7 Å². The molecule has 0 unspecified atom stereocenters. The lowest BCUT2D eigenvalue weighted by molar-refractivity contribution is -0.148. The van der Waals surface area contributed by atoms with Gasteiger partial charge >= 0.3 is 11.9 Å². The van der Waals surface area contributed by atoms with E-state index in [2.05, 4.69) is 6.92 Å². The van der Waals surface area contributed by atoms with E-state index in [1.54, 1.807) is 13.0 Å². The standard InChI is InChI=1S/C28H47NO7/c1-4-6-7-8-9-10-11-12-13-14-15-16-17-18-21-34-27-20-19-24(36-27)28(32)35-23-25(30)29(3)22-26(31)33-5-2/h19-20H,4-18,21-23H2,1-3H3. The number of hydrogen-bond acceptors (Lipinski definition) is 7. The van der Waals surface area contributed by atoms with E-state index in [1.807, 2.05) is 0 Å². The van der Waals surface area contributed by atoms with Crippen LogP contribution < -0.4 is 4.74 Å². The van der Waals surface area contributed by atoms with Crippen molar-refractivity contribution in [3.8, 4) is 5.95 Å². The summed E-state index contributed by atoms with van der Waals surface area (Å²) >= 11 is 0. The number of esters is 2. The molecule has 0 bridgehead atoms. The summed E-state index contributed by atoms with van der Waals surface area (Å²) in [7, 11) is 1.43. The molecular formula is C28H47NO7. The molecule has 1 heterocycles. The number of furan rings is 1. The Balaban J connectivity index is 2.04. The Kier molecular flexibility index (Phi) is 18.1. The number of likely N-dealkylation sites (N-methyl/N-ethyl adjacent to an activating group) is 1. The molecule has 0 spiro atoms. The zero-order chi connectivity index (χ0) is 26.4. The molecule has 0 aromatic carbocycles. The zero-order valence-corrected chi connectivity index (χ0v) is 22.7. The first kappa shape index (κ1) is 31.5. The van der Waals surface area contributed by atoms with Crippen molar-refractivity contribution in [2.75, 3.05) is 33.4 Å². The lowest BCUT2D eigenvalue weighted by Crippen LogP contribution is -2.36. The summed E-state index contributed by atoms with van der Waals surface area (Å²) < 4.78 is 20.7. The van der Waals surface area contributed by atoms with Crippen LogP contribution in [0.15, 0.2) is 16.5 Å². The highest BCUT2D eigenvalue weighted by atomic mass is 16.6. The smallest absolute Gasteiger partial charge is 0.374 e. The molecule has 1 aromatic rings. The fraction of sp³-hybridized carbons (Fsp3) is 0.750. The third-order valence-corrected chi connectivity index (χ3v) is 5.95. The van der Waals surface area contributed by atoms with Crippen LogP contribution in [0.25, 0.3) is 0 Å². The van der Waals surface area contributed by atoms with Gasteiger partial charge in [-0.05, 0) is 19.4 Å². The van der Waals surface area contributed by atoms with Crippen molar-refractivity contribution in [2.24, 2.45) is 0 Å². The highest BCUT2D eigenvalue weighted by Crippen LogP contribution is 2.18. The molecule has 36 heavy (non-hydrogen) atoms. The van der Waals surface area contributed by atoms with Gasteiger partial charge in [-0.2, -0.15) is 0 Å². The van der Waals surface area contributed by atoms with Crippen LogP contribution in [0.5, 0.6) is 5.95 Å². The predicted molar refractivity (Wildman–Crippen MR) is 139 cm³/mol. The lowest BCUT2D eigenvalue weighted by atomic mass is 10.0.